The predicted molar refractivity (Wildman–Crippen MR) is 70.7 cm³/mol. The molecule has 1 aliphatic heterocycles. The number of methoxy groups -OCH3 is 1. The van der Waals surface area contributed by atoms with Crippen molar-refractivity contribution < 1.29 is 14.3 Å². The molecule has 19 heavy (non-hydrogen) atoms. The number of hydrogen-bond acceptors (Lipinski definition) is 4. The zero-order valence-corrected chi connectivity index (χ0v) is 10.9. The molecule has 0 radical (unpaired) electrons. The van der Waals surface area contributed by atoms with Crippen LogP contribution < -0.4 is 10.6 Å². The topological polar surface area (TPSA) is 67.4 Å². The van der Waals surface area contributed by atoms with Crippen molar-refractivity contribution in [1.29, 1.82) is 0 Å². The Morgan fingerprint density at radius 2 is 2.26 bits per heavy atom. The number of carbonyl (C=O) groups is 2. The number of amides is 1. The molecular formula is C14H18N2O3. The molecule has 0 aliphatic carbocycles. The lowest BCUT2D eigenvalue weighted by molar-refractivity contribution is -0.122. The van der Waals surface area contributed by atoms with Crippen LogP contribution in [-0.4, -0.2) is 31.6 Å². The van der Waals surface area contributed by atoms with Crippen molar-refractivity contribution in [3.8, 4) is 0 Å². The monoisotopic (exact) mass is 262 g/mol. The molecule has 1 fully saturated rings. The van der Waals surface area contributed by atoms with Crippen LogP contribution in [0.2, 0.25) is 0 Å². The Labute approximate surface area is 112 Å². The molecule has 102 valence electrons. The van der Waals surface area contributed by atoms with Gasteiger partial charge in [0.15, 0.2) is 0 Å². The average Bonchev–Trinajstić information content (AvgIpc) is 2.46. The van der Waals surface area contributed by atoms with Gasteiger partial charge in [0.05, 0.1) is 12.7 Å². The fraction of sp³-hybridized carbons (Fsp3) is 0.429. The van der Waals surface area contributed by atoms with Crippen LogP contribution in [0, 0.1) is 0 Å². The Morgan fingerprint density at radius 1 is 1.47 bits per heavy atom. The average molecular weight is 262 g/mol. The Bertz CT molecular complexity index is 464. The van der Waals surface area contributed by atoms with Crippen molar-refractivity contribution in [1.82, 2.24) is 10.6 Å². The minimum atomic E-state index is -0.325. The summed E-state index contributed by atoms with van der Waals surface area (Å²) in [6.07, 6.45) is 1.38. The van der Waals surface area contributed by atoms with Crippen molar-refractivity contribution in [2.75, 3.05) is 13.7 Å². The smallest absolute Gasteiger partial charge is 0.338 e. The fourth-order valence-electron chi connectivity index (χ4n) is 2.14. The highest BCUT2D eigenvalue weighted by atomic mass is 16.5. The fourth-order valence-corrected chi connectivity index (χ4v) is 2.14. The van der Waals surface area contributed by atoms with Crippen molar-refractivity contribution in [3.63, 3.8) is 0 Å². The van der Waals surface area contributed by atoms with Crippen molar-refractivity contribution in [2.45, 2.75) is 25.4 Å². The third-order valence-electron chi connectivity index (χ3n) is 3.27. The van der Waals surface area contributed by atoms with E-state index in [4.69, 9.17) is 4.74 Å². The third kappa shape index (κ3) is 3.54. The minimum absolute atomic E-state index is 0.105. The van der Waals surface area contributed by atoms with Gasteiger partial charge in [-0.25, -0.2) is 4.79 Å². The molecule has 1 heterocycles. The maximum Gasteiger partial charge on any atom is 0.338 e. The van der Waals surface area contributed by atoms with Gasteiger partial charge >= 0.3 is 5.97 Å². The molecule has 0 spiro atoms. The predicted octanol–water partition coefficient (Wildman–Crippen LogP) is 0.841. The molecule has 1 aromatic carbocycles. The van der Waals surface area contributed by atoms with E-state index in [1.165, 1.54) is 7.11 Å². The van der Waals surface area contributed by atoms with Gasteiger partial charge in [0.25, 0.3) is 0 Å². The molecule has 5 nitrogen and oxygen atoms in total. The van der Waals surface area contributed by atoms with Gasteiger partial charge in [-0.15, -0.1) is 0 Å². The number of nitrogens with one attached hydrogen (secondary N) is 2. The molecule has 2 rings (SSSR count). The lowest BCUT2D eigenvalue weighted by Crippen LogP contribution is -2.45. The second-order valence-corrected chi connectivity index (χ2v) is 4.57. The summed E-state index contributed by atoms with van der Waals surface area (Å²) in [5, 5.41) is 6.18. The number of benzene rings is 1. The zero-order chi connectivity index (χ0) is 13.7. The van der Waals surface area contributed by atoms with E-state index in [1.54, 1.807) is 6.07 Å². The number of esters is 1. The van der Waals surface area contributed by atoms with E-state index in [-0.39, 0.29) is 17.9 Å². The normalized spacial score (nSPS) is 18.8. The molecule has 0 saturated carbocycles. The summed E-state index contributed by atoms with van der Waals surface area (Å²) in [6, 6.07) is 7.62. The minimum Gasteiger partial charge on any atom is -0.465 e. The number of piperidine rings is 1. The van der Waals surface area contributed by atoms with E-state index in [9.17, 15) is 9.59 Å². The van der Waals surface area contributed by atoms with Crippen LogP contribution in [0.4, 0.5) is 0 Å². The Balaban J connectivity index is 1.96. The van der Waals surface area contributed by atoms with E-state index in [0.717, 1.165) is 12.0 Å². The molecule has 1 saturated heterocycles. The highest BCUT2D eigenvalue weighted by molar-refractivity contribution is 5.90. The van der Waals surface area contributed by atoms with Crippen LogP contribution in [0.3, 0.4) is 0 Å². The maximum absolute atomic E-state index is 11.6. The maximum atomic E-state index is 11.6. The van der Waals surface area contributed by atoms with Gasteiger partial charge in [0, 0.05) is 25.6 Å². The molecule has 2 N–H and O–H groups in total. The molecule has 0 aromatic heterocycles. The van der Waals surface area contributed by atoms with Gasteiger partial charge in [-0.1, -0.05) is 18.2 Å². The van der Waals surface area contributed by atoms with E-state index < -0.39 is 0 Å². The summed E-state index contributed by atoms with van der Waals surface area (Å²) in [4.78, 5) is 22.7. The van der Waals surface area contributed by atoms with Gasteiger partial charge in [-0.05, 0) is 18.1 Å². The number of ether oxygens (including phenoxy) is 1. The van der Waals surface area contributed by atoms with Gasteiger partial charge in [-0.3, -0.25) is 4.79 Å². The SMILES string of the molecule is COC(=O)c1ccccc1CNC1CCC(=O)NC1. The van der Waals surface area contributed by atoms with Crippen molar-refractivity contribution in [3.05, 3.63) is 35.4 Å². The highest BCUT2D eigenvalue weighted by Gasteiger charge is 2.18. The van der Waals surface area contributed by atoms with Crippen molar-refractivity contribution in [2.24, 2.45) is 0 Å². The first-order valence-corrected chi connectivity index (χ1v) is 6.37. The van der Waals surface area contributed by atoms with Crippen LogP contribution in [0.15, 0.2) is 24.3 Å². The highest BCUT2D eigenvalue weighted by Crippen LogP contribution is 2.11. The summed E-state index contributed by atoms with van der Waals surface area (Å²) in [5.74, 6) is -0.220. The molecule has 1 atom stereocenters. The second-order valence-electron chi connectivity index (χ2n) is 4.57. The Hall–Kier alpha value is -1.88. The summed E-state index contributed by atoms with van der Waals surface area (Å²) >= 11 is 0. The largest absolute Gasteiger partial charge is 0.465 e. The lowest BCUT2D eigenvalue weighted by Gasteiger charge is -2.23. The van der Waals surface area contributed by atoms with Crippen LogP contribution >= 0.6 is 0 Å². The molecule has 1 aromatic rings. The van der Waals surface area contributed by atoms with E-state index in [1.807, 2.05) is 18.2 Å². The lowest BCUT2D eigenvalue weighted by atomic mass is 10.0. The molecule has 1 amide bonds. The molecule has 5 heteroatoms. The van der Waals surface area contributed by atoms with Crippen LogP contribution in [-0.2, 0) is 16.1 Å². The third-order valence-corrected chi connectivity index (χ3v) is 3.27. The number of hydrogen-bond donors (Lipinski definition) is 2. The first-order valence-electron chi connectivity index (χ1n) is 6.37. The van der Waals surface area contributed by atoms with Crippen LogP contribution in [0.25, 0.3) is 0 Å². The molecular weight excluding hydrogens is 244 g/mol. The Kier molecular flexibility index (Phi) is 4.52. The zero-order valence-electron chi connectivity index (χ0n) is 10.9. The van der Waals surface area contributed by atoms with Crippen LogP contribution in [0.1, 0.15) is 28.8 Å². The standard InChI is InChI=1S/C14H18N2O3/c1-19-14(18)12-5-3-2-4-10(12)8-15-11-6-7-13(17)16-9-11/h2-5,11,15H,6-9H2,1H3,(H,16,17). The van der Waals surface area contributed by atoms with E-state index >= 15 is 0 Å². The summed E-state index contributed by atoms with van der Waals surface area (Å²) < 4.78 is 4.76. The van der Waals surface area contributed by atoms with Gasteiger partial charge in [0.2, 0.25) is 5.91 Å². The summed E-state index contributed by atoms with van der Waals surface area (Å²) in [6.45, 7) is 1.23. The molecule has 1 unspecified atom stereocenters. The molecule has 1 aliphatic rings. The second kappa shape index (κ2) is 6.33. The van der Waals surface area contributed by atoms with E-state index in [0.29, 0.717) is 25.1 Å². The first kappa shape index (κ1) is 13.5. The van der Waals surface area contributed by atoms with Gasteiger partial charge < -0.3 is 15.4 Å². The summed E-state index contributed by atoms with van der Waals surface area (Å²) in [7, 11) is 1.38. The quantitative estimate of drug-likeness (QED) is 0.789. The summed E-state index contributed by atoms with van der Waals surface area (Å²) in [5.41, 5.74) is 1.49. The van der Waals surface area contributed by atoms with Crippen molar-refractivity contribution >= 4 is 11.9 Å². The first-order chi connectivity index (χ1) is 9.20. The number of rotatable bonds is 4. The van der Waals surface area contributed by atoms with Crippen LogP contribution in [0.5, 0.6) is 0 Å². The van der Waals surface area contributed by atoms with Gasteiger partial charge in [-0.2, -0.15) is 0 Å². The Morgan fingerprint density at radius 3 is 2.95 bits per heavy atom. The number of carbonyl (C=O) groups excluding carboxylic acids is 2. The van der Waals surface area contributed by atoms with Gasteiger partial charge in [0.1, 0.15) is 0 Å². The van der Waals surface area contributed by atoms with E-state index in [2.05, 4.69) is 10.6 Å². The molecule has 0 bridgehead atoms.